The molecule has 0 aromatic carbocycles. The van der Waals surface area contributed by atoms with E-state index in [0.29, 0.717) is 19.8 Å². The molecule has 0 fully saturated rings. The molecule has 0 saturated carbocycles. The van der Waals surface area contributed by atoms with E-state index in [-0.39, 0.29) is 18.5 Å². The molecule has 1 unspecified atom stereocenters. The van der Waals surface area contributed by atoms with Gasteiger partial charge in [0.1, 0.15) is 0 Å². The number of ether oxygens (including phenoxy) is 2. The van der Waals surface area contributed by atoms with Gasteiger partial charge in [0.2, 0.25) is 0 Å². The van der Waals surface area contributed by atoms with Crippen molar-refractivity contribution in [3.05, 3.63) is 0 Å². The summed E-state index contributed by atoms with van der Waals surface area (Å²) in [4.78, 5) is 11.0. The Labute approximate surface area is 90.8 Å². The monoisotopic (exact) mass is 219 g/mol. The molecular weight excluding hydrogens is 198 g/mol. The molecule has 0 radical (unpaired) electrons. The lowest BCUT2D eigenvalue weighted by molar-refractivity contribution is -0.144. The molecule has 0 aromatic heterocycles. The van der Waals surface area contributed by atoms with Crippen LogP contribution >= 0.6 is 0 Å². The lowest BCUT2D eigenvalue weighted by atomic mass is 10.2. The van der Waals surface area contributed by atoms with Gasteiger partial charge in [-0.3, -0.25) is 4.79 Å². The lowest BCUT2D eigenvalue weighted by Gasteiger charge is -2.10. The molecule has 0 saturated heterocycles. The molecule has 1 atom stereocenters. The maximum Gasteiger partial charge on any atom is 0.309 e. The van der Waals surface area contributed by atoms with Crippen molar-refractivity contribution in [3.63, 3.8) is 0 Å². The van der Waals surface area contributed by atoms with E-state index in [1.165, 1.54) is 7.11 Å². The van der Waals surface area contributed by atoms with Gasteiger partial charge < -0.3 is 19.9 Å². The fraction of sp³-hybridized carbons (Fsp3) is 0.900. The van der Waals surface area contributed by atoms with Crippen molar-refractivity contribution >= 4 is 5.97 Å². The molecule has 2 N–H and O–H groups in total. The van der Waals surface area contributed by atoms with Crippen LogP contribution in [-0.4, -0.2) is 51.1 Å². The number of hydrogen-bond donors (Lipinski definition) is 2. The molecule has 15 heavy (non-hydrogen) atoms. The standard InChI is InChI=1S/C10H21NO4/c1-9(10(13)14-2)8-11-4-3-6-15-7-5-12/h9,11-12H,3-8H2,1-2H3. The average Bonchev–Trinajstić information content (AvgIpc) is 2.26. The molecule has 0 aliphatic heterocycles. The lowest BCUT2D eigenvalue weighted by Crippen LogP contribution is -2.28. The van der Waals surface area contributed by atoms with E-state index < -0.39 is 0 Å². The van der Waals surface area contributed by atoms with Crippen molar-refractivity contribution in [3.8, 4) is 0 Å². The summed E-state index contributed by atoms with van der Waals surface area (Å²) in [7, 11) is 1.39. The zero-order chi connectivity index (χ0) is 11.5. The third-order valence-corrected chi connectivity index (χ3v) is 1.93. The molecule has 5 nitrogen and oxygen atoms in total. The number of rotatable bonds is 9. The molecule has 0 bridgehead atoms. The average molecular weight is 219 g/mol. The van der Waals surface area contributed by atoms with Gasteiger partial charge in [0.05, 0.1) is 26.2 Å². The number of methoxy groups -OCH3 is 1. The van der Waals surface area contributed by atoms with Gasteiger partial charge in [0, 0.05) is 13.2 Å². The van der Waals surface area contributed by atoms with E-state index in [9.17, 15) is 4.79 Å². The summed E-state index contributed by atoms with van der Waals surface area (Å²) in [5.74, 6) is -0.313. The number of nitrogens with one attached hydrogen (secondary N) is 1. The van der Waals surface area contributed by atoms with Gasteiger partial charge in [0.15, 0.2) is 0 Å². The van der Waals surface area contributed by atoms with E-state index in [4.69, 9.17) is 9.84 Å². The second-order valence-corrected chi connectivity index (χ2v) is 3.32. The molecule has 0 spiro atoms. The van der Waals surface area contributed by atoms with E-state index in [2.05, 4.69) is 10.1 Å². The first-order valence-electron chi connectivity index (χ1n) is 5.19. The zero-order valence-corrected chi connectivity index (χ0v) is 9.49. The summed E-state index contributed by atoms with van der Waals surface area (Å²) in [5, 5.41) is 11.6. The van der Waals surface area contributed by atoms with E-state index in [0.717, 1.165) is 13.0 Å². The second-order valence-electron chi connectivity index (χ2n) is 3.32. The Morgan fingerprint density at radius 2 is 2.20 bits per heavy atom. The van der Waals surface area contributed by atoms with Crippen molar-refractivity contribution in [2.45, 2.75) is 13.3 Å². The normalized spacial score (nSPS) is 12.5. The van der Waals surface area contributed by atoms with E-state index >= 15 is 0 Å². The summed E-state index contributed by atoms with van der Waals surface area (Å²) in [5.41, 5.74) is 0. The van der Waals surface area contributed by atoms with Crippen LogP contribution in [0.25, 0.3) is 0 Å². The Kier molecular flexibility index (Phi) is 9.46. The number of aliphatic hydroxyl groups excluding tert-OH is 1. The minimum Gasteiger partial charge on any atom is -0.469 e. The first kappa shape index (κ1) is 14.3. The van der Waals surface area contributed by atoms with Crippen LogP contribution in [0.15, 0.2) is 0 Å². The van der Waals surface area contributed by atoms with Crippen LogP contribution in [0.5, 0.6) is 0 Å². The van der Waals surface area contributed by atoms with Gasteiger partial charge >= 0.3 is 5.97 Å². The number of aliphatic hydroxyl groups is 1. The number of hydrogen-bond acceptors (Lipinski definition) is 5. The highest BCUT2D eigenvalue weighted by molar-refractivity contribution is 5.71. The summed E-state index contributed by atoms with van der Waals surface area (Å²) in [6.07, 6.45) is 0.869. The maximum absolute atomic E-state index is 11.0. The van der Waals surface area contributed by atoms with Crippen LogP contribution in [0.2, 0.25) is 0 Å². The summed E-state index contributed by atoms with van der Waals surface area (Å²) in [6.45, 7) is 4.31. The fourth-order valence-corrected chi connectivity index (χ4v) is 1.07. The van der Waals surface area contributed by atoms with Crippen LogP contribution in [-0.2, 0) is 14.3 Å². The fourth-order valence-electron chi connectivity index (χ4n) is 1.07. The first-order chi connectivity index (χ1) is 7.22. The SMILES string of the molecule is COC(=O)C(C)CNCCCOCCO. The van der Waals surface area contributed by atoms with Crippen LogP contribution in [0.1, 0.15) is 13.3 Å². The van der Waals surface area contributed by atoms with Crippen LogP contribution in [0.4, 0.5) is 0 Å². The topological polar surface area (TPSA) is 67.8 Å². The Balaban J connectivity index is 3.20. The molecule has 0 aromatic rings. The molecular formula is C10H21NO4. The van der Waals surface area contributed by atoms with E-state index in [1.807, 2.05) is 6.92 Å². The molecule has 5 heteroatoms. The van der Waals surface area contributed by atoms with Crippen LogP contribution in [0.3, 0.4) is 0 Å². The highest BCUT2D eigenvalue weighted by Gasteiger charge is 2.11. The predicted molar refractivity (Wildman–Crippen MR) is 56.6 cm³/mol. The molecule has 0 aliphatic rings. The highest BCUT2D eigenvalue weighted by atomic mass is 16.5. The smallest absolute Gasteiger partial charge is 0.309 e. The largest absolute Gasteiger partial charge is 0.469 e. The van der Waals surface area contributed by atoms with Gasteiger partial charge in [-0.2, -0.15) is 0 Å². The molecule has 0 aliphatic carbocycles. The predicted octanol–water partition coefficient (Wildman–Crippen LogP) is -0.216. The van der Waals surface area contributed by atoms with Crippen LogP contribution < -0.4 is 5.32 Å². The molecule has 0 heterocycles. The van der Waals surface area contributed by atoms with Gasteiger partial charge in [-0.1, -0.05) is 6.92 Å². The zero-order valence-electron chi connectivity index (χ0n) is 9.49. The quantitative estimate of drug-likeness (QED) is 0.414. The number of carbonyl (C=O) groups is 1. The molecule has 0 amide bonds. The Hall–Kier alpha value is -0.650. The number of esters is 1. The minimum atomic E-state index is -0.195. The Bertz CT molecular complexity index is 164. The Morgan fingerprint density at radius 1 is 1.47 bits per heavy atom. The summed E-state index contributed by atoms with van der Waals surface area (Å²) >= 11 is 0. The van der Waals surface area contributed by atoms with Gasteiger partial charge in [-0.15, -0.1) is 0 Å². The van der Waals surface area contributed by atoms with Gasteiger partial charge in [-0.05, 0) is 13.0 Å². The third kappa shape index (κ3) is 8.35. The van der Waals surface area contributed by atoms with E-state index in [1.54, 1.807) is 0 Å². The van der Waals surface area contributed by atoms with Crippen molar-refractivity contribution in [2.24, 2.45) is 5.92 Å². The first-order valence-corrected chi connectivity index (χ1v) is 5.19. The molecule has 0 rings (SSSR count). The summed E-state index contributed by atoms with van der Waals surface area (Å²) in [6, 6.07) is 0. The number of carbonyl (C=O) groups excluding carboxylic acids is 1. The van der Waals surface area contributed by atoms with Gasteiger partial charge in [0.25, 0.3) is 0 Å². The van der Waals surface area contributed by atoms with Crippen molar-refractivity contribution < 1.29 is 19.4 Å². The summed E-state index contributed by atoms with van der Waals surface area (Å²) < 4.78 is 9.67. The highest BCUT2D eigenvalue weighted by Crippen LogP contribution is 1.94. The van der Waals surface area contributed by atoms with Crippen molar-refractivity contribution in [2.75, 3.05) is 40.0 Å². The van der Waals surface area contributed by atoms with Crippen LogP contribution in [0, 0.1) is 5.92 Å². The maximum atomic E-state index is 11.0. The second kappa shape index (κ2) is 9.89. The van der Waals surface area contributed by atoms with Crippen molar-refractivity contribution in [1.82, 2.24) is 5.32 Å². The van der Waals surface area contributed by atoms with Gasteiger partial charge in [-0.25, -0.2) is 0 Å². The third-order valence-electron chi connectivity index (χ3n) is 1.93. The van der Waals surface area contributed by atoms with Crippen molar-refractivity contribution in [1.29, 1.82) is 0 Å². The molecule has 90 valence electrons. The minimum absolute atomic E-state index is 0.0623. The Morgan fingerprint density at radius 3 is 2.80 bits per heavy atom.